The van der Waals surface area contributed by atoms with E-state index in [9.17, 15) is 85.2 Å². The lowest BCUT2D eigenvalue weighted by molar-refractivity contribution is -0.443. The molecule has 0 aliphatic heterocycles. The molecule has 1 aromatic carbocycles. The summed E-state index contributed by atoms with van der Waals surface area (Å²) >= 11 is 0. The van der Waals surface area contributed by atoms with Gasteiger partial charge in [0.1, 0.15) is 5.75 Å². The number of rotatable bonds is 11. The van der Waals surface area contributed by atoms with Crippen LogP contribution in [0.2, 0.25) is 0 Å². The molecule has 1 rings (SSSR count). The van der Waals surface area contributed by atoms with Crippen LogP contribution in [-0.2, 0) is 4.79 Å². The molecule has 218 valence electrons. The Labute approximate surface area is 197 Å². The molecule has 6 nitrogen and oxygen atoms in total. The molecule has 0 spiro atoms. The number of hydrogen-bond acceptors (Lipinski definition) is 4. The Bertz CT molecular complexity index is 1080. The first-order chi connectivity index (χ1) is 16.7. The first kappa shape index (κ1) is 32.8. The molecule has 0 aliphatic carbocycles. The molecule has 1 N–H and O–H groups in total. The van der Waals surface area contributed by atoms with Crippen molar-refractivity contribution in [2.75, 3.05) is 12.4 Å². The lowest BCUT2D eigenvalue weighted by Crippen LogP contribution is -2.74. The quantitative estimate of drug-likeness (QED) is 0.186. The first-order valence-electron chi connectivity index (χ1n) is 8.76. The number of halogens is 16. The van der Waals surface area contributed by atoms with Crippen LogP contribution in [-0.4, -0.2) is 65.8 Å². The highest BCUT2D eigenvalue weighted by Gasteiger charge is 2.94. The Balaban J connectivity index is 3.62. The van der Waals surface area contributed by atoms with Crippen LogP contribution in [0, 0.1) is 10.1 Å². The zero-order chi connectivity index (χ0) is 30.5. The molecule has 38 heavy (non-hydrogen) atoms. The zero-order valence-electron chi connectivity index (χ0n) is 17.4. The van der Waals surface area contributed by atoms with Crippen LogP contribution in [0.1, 0.15) is 0 Å². The molecule has 0 saturated heterocycles. The summed E-state index contributed by atoms with van der Waals surface area (Å²) < 4.78 is 218. The number of methoxy groups -OCH3 is 1. The van der Waals surface area contributed by atoms with Crippen molar-refractivity contribution in [1.29, 1.82) is 0 Å². The Kier molecular flexibility index (Phi) is 8.20. The van der Waals surface area contributed by atoms with Crippen molar-refractivity contribution in [3.63, 3.8) is 0 Å². The number of nitro benzene ring substituents is 1. The molecular formula is C16H8F16N2O4. The van der Waals surface area contributed by atoms with Crippen molar-refractivity contribution in [2.24, 2.45) is 0 Å². The third kappa shape index (κ3) is 4.50. The molecule has 0 unspecified atom stereocenters. The van der Waals surface area contributed by atoms with Crippen molar-refractivity contribution in [1.82, 2.24) is 0 Å². The average molecular weight is 596 g/mol. The van der Waals surface area contributed by atoms with Crippen LogP contribution >= 0.6 is 0 Å². The molecule has 22 heteroatoms. The van der Waals surface area contributed by atoms with Crippen molar-refractivity contribution >= 4 is 17.3 Å². The second-order valence-corrected chi connectivity index (χ2v) is 6.97. The number of carbonyl (C=O) groups is 1. The molecule has 1 aromatic rings. The molecule has 0 aromatic heterocycles. The summed E-state index contributed by atoms with van der Waals surface area (Å²) in [4.78, 5) is 21.0. The van der Waals surface area contributed by atoms with Crippen molar-refractivity contribution in [3.8, 4) is 5.75 Å². The van der Waals surface area contributed by atoms with Crippen molar-refractivity contribution < 1.29 is 84.7 Å². The van der Waals surface area contributed by atoms with Crippen LogP contribution in [0.3, 0.4) is 0 Å². The second-order valence-electron chi connectivity index (χ2n) is 6.97. The smallest absolute Gasteiger partial charge is 0.393 e. The van der Waals surface area contributed by atoms with Crippen LogP contribution in [0.15, 0.2) is 18.2 Å². The van der Waals surface area contributed by atoms with Gasteiger partial charge in [0, 0.05) is 12.1 Å². The summed E-state index contributed by atoms with van der Waals surface area (Å²) in [7, 11) is 0.662. The van der Waals surface area contributed by atoms with Crippen LogP contribution in [0.5, 0.6) is 5.75 Å². The van der Waals surface area contributed by atoms with E-state index in [-0.39, 0.29) is 6.07 Å². The molecule has 0 atom stereocenters. The predicted octanol–water partition coefficient (Wildman–Crippen LogP) is 6.25. The van der Waals surface area contributed by atoms with E-state index in [1.165, 1.54) is 0 Å². The molecular weight excluding hydrogens is 588 g/mol. The van der Waals surface area contributed by atoms with Gasteiger partial charge in [-0.3, -0.25) is 14.9 Å². The molecule has 0 fully saturated rings. The van der Waals surface area contributed by atoms with Gasteiger partial charge in [0.15, 0.2) is 0 Å². The maximum Gasteiger partial charge on any atom is 0.393 e. The number of non-ortho nitro benzene ring substituents is 1. The standard InChI is InChI=1S/C16H8F16N2O4/c1-38-7-3-2-5(34(36)37)4-6(7)33-9(35)11(21,22)13(25,26)15(29,30)16(31,32)14(27,28)12(23,24)10(19,20)8(17)18/h2-4,8H,1H3,(H,33,35). The number of nitrogens with zero attached hydrogens (tertiary/aromatic N) is 1. The third-order valence-electron chi connectivity index (χ3n) is 4.59. The fraction of sp³-hybridized carbons (Fsp3) is 0.562. The second kappa shape index (κ2) is 9.50. The molecule has 0 saturated carbocycles. The van der Waals surface area contributed by atoms with Gasteiger partial charge in [0.25, 0.3) is 5.69 Å². The maximum atomic E-state index is 14.0. The number of amides is 1. The van der Waals surface area contributed by atoms with Crippen LogP contribution in [0.4, 0.5) is 81.6 Å². The largest absolute Gasteiger partial charge is 0.495 e. The Morgan fingerprint density at radius 1 is 0.816 bits per heavy atom. The monoisotopic (exact) mass is 596 g/mol. The average Bonchev–Trinajstić information content (AvgIpc) is 2.77. The number of hydrogen-bond donors (Lipinski definition) is 1. The topological polar surface area (TPSA) is 81.5 Å². The number of nitrogens with one attached hydrogen (secondary N) is 1. The molecule has 0 radical (unpaired) electrons. The zero-order valence-corrected chi connectivity index (χ0v) is 17.4. The van der Waals surface area contributed by atoms with Gasteiger partial charge in [0.2, 0.25) is 0 Å². The van der Waals surface area contributed by atoms with Gasteiger partial charge in [-0.1, -0.05) is 0 Å². The number of ether oxygens (including phenoxy) is 1. The van der Waals surface area contributed by atoms with E-state index < -0.39 is 75.8 Å². The van der Waals surface area contributed by atoms with Gasteiger partial charge in [-0.05, 0) is 6.07 Å². The summed E-state index contributed by atoms with van der Waals surface area (Å²) in [6.07, 6.45) is -5.98. The highest BCUT2D eigenvalue weighted by atomic mass is 19.4. The Morgan fingerprint density at radius 2 is 1.24 bits per heavy atom. The molecule has 0 bridgehead atoms. The summed E-state index contributed by atoms with van der Waals surface area (Å²) in [5.74, 6) is -61.8. The number of carbonyl (C=O) groups excluding carboxylic acids is 1. The van der Waals surface area contributed by atoms with E-state index in [0.717, 1.165) is 0 Å². The SMILES string of the molecule is COc1ccc([N+](=O)[O-])cc1NC(=O)C(F)(F)C(F)(F)C(F)(F)C(F)(F)C(F)(F)C(F)(F)C(F)(F)C(F)F. The minimum absolute atomic E-state index is 0.0683. The minimum atomic E-state index is -8.67. The van der Waals surface area contributed by atoms with Gasteiger partial charge in [-0.2, -0.15) is 61.5 Å². The van der Waals surface area contributed by atoms with E-state index in [4.69, 9.17) is 0 Å². The third-order valence-corrected chi connectivity index (χ3v) is 4.59. The van der Waals surface area contributed by atoms with Crippen molar-refractivity contribution in [2.45, 2.75) is 47.9 Å². The number of nitro groups is 1. The lowest BCUT2D eigenvalue weighted by atomic mass is 9.89. The number of benzene rings is 1. The van der Waals surface area contributed by atoms with E-state index in [1.807, 2.05) is 0 Å². The fourth-order valence-electron chi connectivity index (χ4n) is 2.39. The van der Waals surface area contributed by atoms with Crippen LogP contribution < -0.4 is 10.1 Å². The maximum absolute atomic E-state index is 14.0. The van der Waals surface area contributed by atoms with Gasteiger partial charge >= 0.3 is 53.8 Å². The highest BCUT2D eigenvalue weighted by molar-refractivity contribution is 5.98. The lowest BCUT2D eigenvalue weighted by Gasteiger charge is -2.42. The highest BCUT2D eigenvalue weighted by Crippen LogP contribution is 2.62. The normalized spacial score (nSPS) is 14.5. The summed E-state index contributed by atoms with van der Waals surface area (Å²) in [6.45, 7) is 0. The predicted molar refractivity (Wildman–Crippen MR) is 88.9 cm³/mol. The van der Waals surface area contributed by atoms with E-state index >= 15 is 0 Å². The summed E-state index contributed by atoms with van der Waals surface area (Å²) in [6, 6.07) is 1.12. The van der Waals surface area contributed by atoms with Crippen LogP contribution in [0.25, 0.3) is 0 Å². The Morgan fingerprint density at radius 3 is 1.63 bits per heavy atom. The Hall–Kier alpha value is -3.23. The first-order valence-corrected chi connectivity index (χ1v) is 8.76. The molecule has 0 aliphatic rings. The van der Waals surface area contributed by atoms with Crippen molar-refractivity contribution in [3.05, 3.63) is 28.3 Å². The number of anilines is 1. The van der Waals surface area contributed by atoms with Gasteiger partial charge in [0.05, 0.1) is 17.7 Å². The van der Waals surface area contributed by atoms with E-state index in [1.54, 1.807) is 0 Å². The minimum Gasteiger partial charge on any atom is -0.495 e. The number of alkyl halides is 16. The fourth-order valence-corrected chi connectivity index (χ4v) is 2.39. The van der Waals surface area contributed by atoms with E-state index in [2.05, 4.69) is 4.74 Å². The summed E-state index contributed by atoms with van der Waals surface area (Å²) in [5.41, 5.74) is -2.51. The molecule has 1 amide bonds. The van der Waals surface area contributed by atoms with Gasteiger partial charge < -0.3 is 10.1 Å². The summed E-state index contributed by atoms with van der Waals surface area (Å²) in [5, 5.41) is 11.3. The van der Waals surface area contributed by atoms with Gasteiger partial charge in [-0.15, -0.1) is 0 Å². The van der Waals surface area contributed by atoms with Gasteiger partial charge in [-0.25, -0.2) is 8.78 Å². The van der Waals surface area contributed by atoms with E-state index in [0.29, 0.717) is 24.6 Å². The molecule has 0 heterocycles.